The number of hydrogen-bond donors (Lipinski definition) is 1. The number of aromatic nitrogens is 2. The second kappa shape index (κ2) is 6.39. The lowest BCUT2D eigenvalue weighted by Gasteiger charge is -2.08. The fraction of sp³-hybridized carbons (Fsp3) is 0.267. The van der Waals surface area contributed by atoms with Crippen molar-refractivity contribution in [3.8, 4) is 17.4 Å². The van der Waals surface area contributed by atoms with Gasteiger partial charge in [0, 0.05) is 26.4 Å². The largest absolute Gasteiger partial charge is 0.497 e. The molecule has 0 saturated carbocycles. The highest BCUT2D eigenvalue weighted by Crippen LogP contribution is 2.31. The zero-order valence-corrected chi connectivity index (χ0v) is 13.2. The molecule has 0 spiro atoms. The van der Waals surface area contributed by atoms with Crippen molar-refractivity contribution in [1.82, 2.24) is 9.13 Å². The fourth-order valence-electron chi connectivity index (χ4n) is 2.00. The molecule has 0 aliphatic carbocycles. The molecule has 0 bridgehead atoms. The number of nitrogens with zero attached hydrogens (tertiary/aromatic N) is 3. The van der Waals surface area contributed by atoms with Crippen LogP contribution in [-0.2, 0) is 14.1 Å². The van der Waals surface area contributed by atoms with Gasteiger partial charge in [-0.3, -0.25) is 18.9 Å². The Hall–Kier alpha value is -3.03. The average Bonchev–Trinajstić information content (AvgIpc) is 2.58. The normalized spacial score (nSPS) is 11.0. The Morgan fingerprint density at radius 1 is 1.13 bits per heavy atom. The van der Waals surface area contributed by atoms with Crippen LogP contribution >= 0.6 is 0 Å². The topological polar surface area (TPSA) is 95.0 Å². The summed E-state index contributed by atoms with van der Waals surface area (Å²) in [6, 6.07) is 4.98. The lowest BCUT2D eigenvalue weighted by molar-refractivity contribution is 0.395. The van der Waals surface area contributed by atoms with E-state index in [1.165, 1.54) is 34.5 Å². The first kappa shape index (κ1) is 16.3. The highest BCUT2D eigenvalue weighted by Gasteiger charge is 2.13. The van der Waals surface area contributed by atoms with E-state index in [2.05, 4.69) is 4.99 Å². The molecule has 23 heavy (non-hydrogen) atoms. The van der Waals surface area contributed by atoms with Gasteiger partial charge in [-0.25, -0.2) is 4.79 Å². The quantitative estimate of drug-likeness (QED) is 0.831. The third-order valence-electron chi connectivity index (χ3n) is 3.39. The molecule has 8 nitrogen and oxygen atoms in total. The fourth-order valence-corrected chi connectivity index (χ4v) is 2.00. The first-order valence-electron chi connectivity index (χ1n) is 6.65. The molecule has 1 N–H and O–H groups in total. The van der Waals surface area contributed by atoms with Gasteiger partial charge in [0.05, 0.1) is 14.2 Å². The van der Waals surface area contributed by atoms with Gasteiger partial charge >= 0.3 is 5.69 Å². The summed E-state index contributed by atoms with van der Waals surface area (Å²) in [7, 11) is 5.71. The van der Waals surface area contributed by atoms with Crippen LogP contribution in [0.4, 0.5) is 5.69 Å². The Balaban J connectivity index is 2.54. The number of ether oxygens (including phenoxy) is 2. The predicted molar refractivity (Wildman–Crippen MR) is 85.4 cm³/mol. The Kier molecular flexibility index (Phi) is 4.54. The zero-order valence-electron chi connectivity index (χ0n) is 13.2. The molecule has 2 rings (SSSR count). The van der Waals surface area contributed by atoms with Crippen molar-refractivity contribution in [3.05, 3.63) is 44.6 Å². The summed E-state index contributed by atoms with van der Waals surface area (Å²) in [5, 5.41) is 9.98. The number of rotatable bonds is 4. The van der Waals surface area contributed by atoms with Crippen LogP contribution in [0.3, 0.4) is 0 Å². The van der Waals surface area contributed by atoms with Gasteiger partial charge in [-0.1, -0.05) is 0 Å². The van der Waals surface area contributed by atoms with Crippen molar-refractivity contribution in [2.24, 2.45) is 19.1 Å². The molecule has 0 unspecified atom stereocenters. The molecule has 1 aromatic carbocycles. The lowest BCUT2D eigenvalue weighted by atomic mass is 10.2. The van der Waals surface area contributed by atoms with E-state index in [0.29, 0.717) is 17.2 Å². The van der Waals surface area contributed by atoms with Gasteiger partial charge in [0.25, 0.3) is 5.56 Å². The maximum Gasteiger partial charge on any atom is 0.333 e. The standard InChI is InChI=1S/C15H17N3O5/c1-17-13(19)10(14(20)18(2)15(17)21)8-16-11-6-5-9(22-3)7-12(11)23-4/h5-8,19H,1-4H3. The second-order valence-electron chi connectivity index (χ2n) is 4.74. The molecule has 0 fully saturated rings. The van der Waals surface area contributed by atoms with Gasteiger partial charge in [-0.05, 0) is 12.1 Å². The van der Waals surface area contributed by atoms with Gasteiger partial charge in [-0.15, -0.1) is 0 Å². The third-order valence-corrected chi connectivity index (χ3v) is 3.39. The monoisotopic (exact) mass is 319 g/mol. The summed E-state index contributed by atoms with van der Waals surface area (Å²) in [5.41, 5.74) is -0.899. The van der Waals surface area contributed by atoms with Crippen molar-refractivity contribution >= 4 is 11.9 Å². The molecule has 0 amide bonds. The Morgan fingerprint density at radius 2 is 1.83 bits per heavy atom. The van der Waals surface area contributed by atoms with Gasteiger partial charge in [0.2, 0.25) is 5.88 Å². The molecule has 122 valence electrons. The minimum absolute atomic E-state index is 0.0903. The highest BCUT2D eigenvalue weighted by atomic mass is 16.5. The van der Waals surface area contributed by atoms with E-state index in [1.807, 2.05) is 0 Å². The molecule has 0 saturated heterocycles. The molecule has 1 aromatic heterocycles. The van der Waals surface area contributed by atoms with Crippen LogP contribution in [0.25, 0.3) is 0 Å². The second-order valence-corrected chi connectivity index (χ2v) is 4.74. The number of methoxy groups -OCH3 is 2. The van der Waals surface area contributed by atoms with Crippen LogP contribution in [0, 0.1) is 0 Å². The maximum absolute atomic E-state index is 12.1. The lowest BCUT2D eigenvalue weighted by Crippen LogP contribution is -2.38. The average molecular weight is 319 g/mol. The molecule has 0 aliphatic rings. The van der Waals surface area contributed by atoms with Crippen LogP contribution < -0.4 is 20.7 Å². The van der Waals surface area contributed by atoms with E-state index in [9.17, 15) is 14.7 Å². The summed E-state index contributed by atoms with van der Waals surface area (Å²) in [6.45, 7) is 0. The van der Waals surface area contributed by atoms with Crippen LogP contribution in [-0.4, -0.2) is 34.7 Å². The van der Waals surface area contributed by atoms with Gasteiger partial charge in [0.1, 0.15) is 22.7 Å². The molecule has 0 aliphatic heterocycles. The molecular formula is C15H17N3O5. The molecule has 1 heterocycles. The van der Waals surface area contributed by atoms with E-state index < -0.39 is 17.1 Å². The van der Waals surface area contributed by atoms with Gasteiger partial charge in [-0.2, -0.15) is 0 Å². The van der Waals surface area contributed by atoms with Crippen LogP contribution in [0.2, 0.25) is 0 Å². The zero-order chi connectivity index (χ0) is 17.1. The molecule has 0 radical (unpaired) electrons. The minimum atomic E-state index is -0.637. The van der Waals surface area contributed by atoms with E-state index >= 15 is 0 Å². The Morgan fingerprint density at radius 3 is 2.43 bits per heavy atom. The number of hydrogen-bond acceptors (Lipinski definition) is 6. The van der Waals surface area contributed by atoms with Crippen LogP contribution in [0.1, 0.15) is 5.56 Å². The summed E-state index contributed by atoms with van der Waals surface area (Å²) in [5.74, 6) is 0.595. The summed E-state index contributed by atoms with van der Waals surface area (Å²) < 4.78 is 12.2. The van der Waals surface area contributed by atoms with Crippen molar-refractivity contribution < 1.29 is 14.6 Å². The molecular weight excluding hydrogens is 302 g/mol. The van der Waals surface area contributed by atoms with E-state index in [1.54, 1.807) is 18.2 Å². The first-order chi connectivity index (χ1) is 10.9. The minimum Gasteiger partial charge on any atom is -0.497 e. The Bertz CT molecular complexity index is 880. The van der Waals surface area contributed by atoms with Crippen molar-refractivity contribution in [2.75, 3.05) is 14.2 Å². The third kappa shape index (κ3) is 2.96. The van der Waals surface area contributed by atoms with Crippen LogP contribution in [0.15, 0.2) is 32.8 Å². The highest BCUT2D eigenvalue weighted by molar-refractivity contribution is 5.84. The summed E-state index contributed by atoms with van der Waals surface area (Å²) >= 11 is 0. The van der Waals surface area contributed by atoms with E-state index in [4.69, 9.17) is 9.47 Å². The van der Waals surface area contributed by atoms with E-state index in [0.717, 1.165) is 9.13 Å². The predicted octanol–water partition coefficient (Wildman–Crippen LogP) is 0.557. The summed E-state index contributed by atoms with van der Waals surface area (Å²) in [4.78, 5) is 27.9. The van der Waals surface area contributed by atoms with Gasteiger partial charge in [0.15, 0.2) is 0 Å². The number of aromatic hydroxyl groups is 1. The molecule has 0 atom stereocenters. The smallest absolute Gasteiger partial charge is 0.333 e. The number of benzene rings is 1. The van der Waals surface area contributed by atoms with Crippen molar-refractivity contribution in [2.45, 2.75) is 0 Å². The maximum atomic E-state index is 12.1. The van der Waals surface area contributed by atoms with Gasteiger partial charge < -0.3 is 14.6 Å². The SMILES string of the molecule is COc1ccc(N=Cc2c(O)n(C)c(=O)n(C)c2=O)c(OC)c1. The van der Waals surface area contributed by atoms with E-state index in [-0.39, 0.29) is 5.56 Å². The Labute approximate surface area is 131 Å². The molecule has 8 heteroatoms. The summed E-state index contributed by atoms with van der Waals surface area (Å²) in [6.07, 6.45) is 1.20. The first-order valence-corrected chi connectivity index (χ1v) is 6.65. The van der Waals surface area contributed by atoms with Crippen molar-refractivity contribution in [1.29, 1.82) is 0 Å². The van der Waals surface area contributed by atoms with Crippen LogP contribution in [0.5, 0.6) is 17.4 Å². The number of aliphatic imine (C=N–C) groups is 1. The molecule has 2 aromatic rings. The van der Waals surface area contributed by atoms with Crippen molar-refractivity contribution in [3.63, 3.8) is 0 Å².